The van der Waals surface area contributed by atoms with E-state index in [-0.39, 0.29) is 11.3 Å². The van der Waals surface area contributed by atoms with Gasteiger partial charge in [-0.1, -0.05) is 0 Å². The number of aromatic amines is 1. The molecule has 1 aromatic heterocycles. The van der Waals surface area contributed by atoms with Crippen molar-refractivity contribution in [3.05, 3.63) is 16.7 Å². The second-order valence-corrected chi connectivity index (χ2v) is 5.08. The highest BCUT2D eigenvalue weighted by Crippen LogP contribution is 2.20. The van der Waals surface area contributed by atoms with Crippen molar-refractivity contribution in [2.75, 3.05) is 39.1 Å². The summed E-state index contributed by atoms with van der Waals surface area (Å²) in [6.45, 7) is 3.18. The Morgan fingerprint density at radius 1 is 1.53 bits per heavy atom. The van der Waals surface area contributed by atoms with E-state index in [0.29, 0.717) is 5.82 Å². The summed E-state index contributed by atoms with van der Waals surface area (Å²) >= 11 is 0. The summed E-state index contributed by atoms with van der Waals surface area (Å²) in [5.74, 6) is 1.54. The molecule has 0 aromatic carbocycles. The fourth-order valence-corrected chi connectivity index (χ4v) is 2.45. The van der Waals surface area contributed by atoms with Gasteiger partial charge in [0.2, 0.25) is 5.75 Å². The molecule has 6 heteroatoms. The number of nitrogens with zero attached hydrogens (tertiary/aromatic N) is 2. The minimum Gasteiger partial charge on any atom is -0.489 e. The Bertz CT molecular complexity index is 452. The van der Waals surface area contributed by atoms with Gasteiger partial charge in [0, 0.05) is 6.54 Å². The summed E-state index contributed by atoms with van der Waals surface area (Å²) in [6, 6.07) is 0. The van der Waals surface area contributed by atoms with Crippen molar-refractivity contribution in [1.29, 1.82) is 0 Å². The molecule has 2 rings (SSSR count). The number of likely N-dealkylation sites (tertiary alicyclic amines) is 1. The second-order valence-electron chi connectivity index (χ2n) is 5.08. The third kappa shape index (κ3) is 3.70. The molecule has 1 aliphatic heterocycles. The first-order valence-corrected chi connectivity index (χ1v) is 6.74. The van der Waals surface area contributed by atoms with E-state index in [1.165, 1.54) is 39.4 Å². The highest BCUT2D eigenvalue weighted by molar-refractivity contribution is 5.47. The van der Waals surface area contributed by atoms with Gasteiger partial charge in [0.25, 0.3) is 5.56 Å². The first kappa shape index (κ1) is 13.9. The van der Waals surface area contributed by atoms with Crippen molar-refractivity contribution in [2.45, 2.75) is 19.3 Å². The van der Waals surface area contributed by atoms with Gasteiger partial charge in [0.05, 0.1) is 13.4 Å². The Morgan fingerprint density at radius 2 is 2.26 bits per heavy atom. The maximum Gasteiger partial charge on any atom is 0.295 e. The van der Waals surface area contributed by atoms with E-state index in [0.717, 1.165) is 18.9 Å². The predicted molar refractivity (Wildman–Crippen MR) is 74.7 cm³/mol. The largest absolute Gasteiger partial charge is 0.489 e. The molecule has 0 aliphatic carbocycles. The van der Waals surface area contributed by atoms with Gasteiger partial charge in [-0.25, -0.2) is 4.98 Å². The van der Waals surface area contributed by atoms with E-state index in [1.54, 1.807) is 0 Å². The molecule has 0 unspecified atom stereocenters. The molecule has 0 spiro atoms. The minimum atomic E-state index is -0.251. The van der Waals surface area contributed by atoms with Crippen molar-refractivity contribution < 1.29 is 4.74 Å². The zero-order valence-electron chi connectivity index (χ0n) is 11.6. The molecule has 2 N–H and O–H groups in total. The second kappa shape index (κ2) is 6.56. The average molecular weight is 266 g/mol. The summed E-state index contributed by atoms with van der Waals surface area (Å²) in [6.07, 6.45) is 4.99. The molecular weight excluding hydrogens is 244 g/mol. The number of ether oxygens (including phenoxy) is 1. The molecule has 0 bridgehead atoms. The van der Waals surface area contributed by atoms with Crippen LogP contribution in [0.3, 0.4) is 0 Å². The summed E-state index contributed by atoms with van der Waals surface area (Å²) in [5.41, 5.74) is -0.251. The quantitative estimate of drug-likeness (QED) is 0.829. The Kier molecular flexibility index (Phi) is 4.79. The Labute approximate surface area is 113 Å². The molecule has 0 saturated carbocycles. The molecule has 106 valence electrons. The van der Waals surface area contributed by atoms with Gasteiger partial charge in [-0.15, -0.1) is 0 Å². The Morgan fingerprint density at radius 3 is 2.95 bits per heavy atom. The Balaban J connectivity index is 1.83. The molecule has 1 saturated heterocycles. The average Bonchev–Trinajstić information content (AvgIpc) is 2.41. The number of aromatic nitrogens is 2. The number of hydrogen-bond donors (Lipinski definition) is 2. The highest BCUT2D eigenvalue weighted by Gasteiger charge is 2.16. The van der Waals surface area contributed by atoms with Crippen LogP contribution in [0, 0.1) is 5.92 Å². The van der Waals surface area contributed by atoms with Crippen LogP contribution in [0.25, 0.3) is 0 Å². The Hall–Kier alpha value is -1.56. The van der Waals surface area contributed by atoms with Crippen LogP contribution in [-0.4, -0.2) is 48.7 Å². The van der Waals surface area contributed by atoms with Crippen molar-refractivity contribution in [3.8, 4) is 5.75 Å². The number of anilines is 1. The summed E-state index contributed by atoms with van der Waals surface area (Å²) in [4.78, 5) is 20.5. The fraction of sp³-hybridized carbons (Fsp3) is 0.692. The molecule has 6 nitrogen and oxygen atoms in total. The van der Waals surface area contributed by atoms with Gasteiger partial charge >= 0.3 is 0 Å². The van der Waals surface area contributed by atoms with E-state index in [2.05, 4.69) is 27.2 Å². The lowest BCUT2D eigenvalue weighted by atomic mass is 9.94. The molecule has 19 heavy (non-hydrogen) atoms. The van der Waals surface area contributed by atoms with Crippen molar-refractivity contribution in [1.82, 2.24) is 14.9 Å². The molecule has 0 atom stereocenters. The van der Waals surface area contributed by atoms with Crippen LogP contribution in [0.1, 0.15) is 19.3 Å². The third-order valence-electron chi connectivity index (χ3n) is 3.70. The first-order chi connectivity index (χ1) is 9.20. The van der Waals surface area contributed by atoms with Crippen LogP contribution < -0.4 is 15.6 Å². The van der Waals surface area contributed by atoms with E-state index in [1.807, 2.05) is 0 Å². The topological polar surface area (TPSA) is 70.2 Å². The maximum absolute atomic E-state index is 11.5. The summed E-state index contributed by atoms with van der Waals surface area (Å²) in [7, 11) is 3.65. The van der Waals surface area contributed by atoms with E-state index >= 15 is 0 Å². The molecule has 0 radical (unpaired) electrons. The van der Waals surface area contributed by atoms with Gasteiger partial charge in [0.15, 0.2) is 5.82 Å². The standard InChI is InChI=1S/C13H22N4O2/c1-17-7-4-10(5-8-17)3-6-14-12-11(19-2)13(18)16-9-15-12/h9-10H,3-8H2,1-2H3,(H2,14,15,16,18). The number of H-pyrrole nitrogens is 1. The molecule has 1 fully saturated rings. The zero-order valence-corrected chi connectivity index (χ0v) is 11.6. The number of nitrogens with one attached hydrogen (secondary N) is 2. The predicted octanol–water partition coefficient (Wildman–Crippen LogP) is 0.922. The fourth-order valence-electron chi connectivity index (χ4n) is 2.45. The van der Waals surface area contributed by atoms with Crippen LogP contribution in [0.5, 0.6) is 5.75 Å². The minimum absolute atomic E-state index is 0.251. The summed E-state index contributed by atoms with van der Waals surface area (Å²) < 4.78 is 5.06. The normalized spacial score (nSPS) is 17.4. The van der Waals surface area contributed by atoms with Crippen LogP contribution in [-0.2, 0) is 0 Å². The zero-order chi connectivity index (χ0) is 13.7. The smallest absolute Gasteiger partial charge is 0.295 e. The number of hydrogen-bond acceptors (Lipinski definition) is 5. The van der Waals surface area contributed by atoms with Crippen LogP contribution in [0.4, 0.5) is 5.82 Å². The lowest BCUT2D eigenvalue weighted by Crippen LogP contribution is -2.31. The SMILES string of the molecule is COc1c(NCCC2CCN(C)CC2)nc[nH]c1=O. The number of methoxy groups -OCH3 is 1. The van der Waals surface area contributed by atoms with Gasteiger partial charge in [-0.2, -0.15) is 0 Å². The molecule has 1 aromatic rings. The van der Waals surface area contributed by atoms with Crippen LogP contribution in [0.2, 0.25) is 0 Å². The van der Waals surface area contributed by atoms with E-state index < -0.39 is 0 Å². The number of piperidine rings is 1. The van der Waals surface area contributed by atoms with Gasteiger partial charge in [-0.05, 0) is 45.3 Å². The van der Waals surface area contributed by atoms with Gasteiger partial charge in [-0.3, -0.25) is 4.79 Å². The van der Waals surface area contributed by atoms with E-state index in [9.17, 15) is 4.79 Å². The molecule has 1 aliphatic rings. The molecule has 0 amide bonds. The lowest BCUT2D eigenvalue weighted by molar-refractivity contribution is 0.215. The van der Waals surface area contributed by atoms with Crippen molar-refractivity contribution in [3.63, 3.8) is 0 Å². The monoisotopic (exact) mass is 266 g/mol. The lowest BCUT2D eigenvalue weighted by Gasteiger charge is -2.28. The van der Waals surface area contributed by atoms with Gasteiger partial charge < -0.3 is 19.9 Å². The highest BCUT2D eigenvalue weighted by atomic mass is 16.5. The van der Waals surface area contributed by atoms with Crippen LogP contribution >= 0.6 is 0 Å². The summed E-state index contributed by atoms with van der Waals surface area (Å²) in [5, 5.41) is 3.19. The maximum atomic E-state index is 11.5. The molecule has 2 heterocycles. The van der Waals surface area contributed by atoms with E-state index in [4.69, 9.17) is 4.74 Å². The van der Waals surface area contributed by atoms with Crippen molar-refractivity contribution >= 4 is 5.82 Å². The van der Waals surface area contributed by atoms with Crippen LogP contribution in [0.15, 0.2) is 11.1 Å². The van der Waals surface area contributed by atoms with Gasteiger partial charge in [0.1, 0.15) is 0 Å². The first-order valence-electron chi connectivity index (χ1n) is 6.74. The third-order valence-corrected chi connectivity index (χ3v) is 3.70. The van der Waals surface area contributed by atoms with Crippen molar-refractivity contribution in [2.24, 2.45) is 5.92 Å². The number of rotatable bonds is 5. The molecular formula is C13H22N4O2.